The molecule has 378 valence electrons. The number of carbonyl (C=O) groups excluding carboxylic acids is 4. The van der Waals surface area contributed by atoms with E-state index < -0.39 is 42.4 Å². The summed E-state index contributed by atoms with van der Waals surface area (Å²) >= 11 is 0. The molecule has 1 aromatic carbocycles. The number of ether oxygens (including phenoxy) is 6. The molecule has 66 heavy (non-hydrogen) atoms. The van der Waals surface area contributed by atoms with Gasteiger partial charge in [-0.2, -0.15) is 0 Å². The molecule has 1 aliphatic rings. The van der Waals surface area contributed by atoms with Gasteiger partial charge in [-0.15, -0.1) is 0 Å². The van der Waals surface area contributed by atoms with Crippen LogP contribution in [0.3, 0.4) is 0 Å². The van der Waals surface area contributed by atoms with Crippen molar-refractivity contribution in [3.8, 4) is 0 Å². The topological polar surface area (TPSA) is 176 Å². The smallest absolute Gasteiger partial charge is 0.407 e. The van der Waals surface area contributed by atoms with Crippen molar-refractivity contribution in [1.29, 1.82) is 0 Å². The Kier molecular flexibility index (Phi) is 34.7. The molecular formula is C52H88N2O12. The first-order chi connectivity index (χ1) is 32.1. The van der Waals surface area contributed by atoms with Crippen molar-refractivity contribution in [2.75, 3.05) is 39.4 Å². The molecular weight excluding hydrogens is 845 g/mol. The van der Waals surface area contributed by atoms with Gasteiger partial charge >= 0.3 is 30.0 Å². The van der Waals surface area contributed by atoms with E-state index in [0.29, 0.717) is 68.6 Å². The van der Waals surface area contributed by atoms with Gasteiger partial charge in [0.15, 0.2) is 6.29 Å². The summed E-state index contributed by atoms with van der Waals surface area (Å²) in [5.74, 6) is -2.21. The van der Waals surface area contributed by atoms with Crippen molar-refractivity contribution in [1.82, 2.24) is 10.2 Å². The number of nitrogens with zero attached hydrogens (tertiary/aromatic N) is 1. The minimum Gasteiger partial charge on any atom is -0.481 e. The van der Waals surface area contributed by atoms with Gasteiger partial charge in [0, 0.05) is 52.0 Å². The van der Waals surface area contributed by atoms with E-state index >= 15 is 0 Å². The van der Waals surface area contributed by atoms with Crippen LogP contribution in [0.15, 0.2) is 18.2 Å². The van der Waals surface area contributed by atoms with Crippen molar-refractivity contribution in [2.45, 2.75) is 226 Å². The summed E-state index contributed by atoms with van der Waals surface area (Å²) < 4.78 is 34.9. The lowest BCUT2D eigenvalue weighted by Crippen LogP contribution is -2.35. The second-order valence-corrected chi connectivity index (χ2v) is 17.9. The molecule has 0 radical (unpaired) electrons. The fraction of sp³-hybridized carbons (Fsp3) is 0.788. The summed E-state index contributed by atoms with van der Waals surface area (Å²) in [6.45, 7) is 10.9. The number of carboxylic acid groups (broad SMARTS) is 1. The number of hydrogen-bond donors (Lipinski definition) is 2. The van der Waals surface area contributed by atoms with Gasteiger partial charge in [-0.1, -0.05) is 104 Å². The SMILES string of the molecule is CCCCCCCCOC(CCC(=O)OCc1cc(COC(=O)CCCCC(=O)O)cc(COC(=O)CCC(CCCCCC)OC(=O)NCCN2CCCC2)c1)OCCCCCCCC. The average Bonchev–Trinajstić information content (AvgIpc) is 3.83. The summed E-state index contributed by atoms with van der Waals surface area (Å²) in [6.07, 6.45) is 21.3. The predicted octanol–water partition coefficient (Wildman–Crippen LogP) is 11.3. The highest BCUT2D eigenvalue weighted by Gasteiger charge is 2.19. The molecule has 0 aromatic heterocycles. The van der Waals surface area contributed by atoms with Crippen molar-refractivity contribution in [3.63, 3.8) is 0 Å². The maximum Gasteiger partial charge on any atom is 0.407 e. The highest BCUT2D eigenvalue weighted by molar-refractivity contribution is 5.71. The number of unbranched alkanes of at least 4 members (excludes halogenated alkanes) is 14. The first-order valence-corrected chi connectivity index (χ1v) is 25.8. The minimum atomic E-state index is -0.913. The van der Waals surface area contributed by atoms with Crippen molar-refractivity contribution in [3.05, 3.63) is 34.9 Å². The number of benzene rings is 1. The third kappa shape index (κ3) is 32.0. The molecule has 1 saturated heterocycles. The number of amides is 1. The first-order valence-electron chi connectivity index (χ1n) is 25.8. The Hall–Kier alpha value is -3.75. The van der Waals surface area contributed by atoms with Gasteiger partial charge in [0.05, 0.1) is 6.42 Å². The van der Waals surface area contributed by atoms with E-state index in [-0.39, 0.29) is 45.5 Å². The van der Waals surface area contributed by atoms with Gasteiger partial charge in [-0.05, 0) is 106 Å². The molecule has 14 heteroatoms. The van der Waals surface area contributed by atoms with Crippen LogP contribution in [-0.4, -0.2) is 91.8 Å². The largest absolute Gasteiger partial charge is 0.481 e. The van der Waals surface area contributed by atoms with E-state index in [1.54, 1.807) is 18.2 Å². The molecule has 0 aliphatic carbocycles. The molecule has 1 atom stereocenters. The minimum absolute atomic E-state index is 0.0177. The fourth-order valence-electron chi connectivity index (χ4n) is 7.84. The molecule has 0 bridgehead atoms. The predicted molar refractivity (Wildman–Crippen MR) is 256 cm³/mol. The van der Waals surface area contributed by atoms with Gasteiger partial charge < -0.3 is 43.7 Å². The number of alkyl carbamates (subject to hydrolysis) is 1. The molecule has 14 nitrogen and oxygen atoms in total. The maximum atomic E-state index is 13.1. The Bertz CT molecular complexity index is 1430. The highest BCUT2D eigenvalue weighted by atomic mass is 16.7. The standard InChI is InChI=1S/C52H88N2O12/c1-4-7-10-13-15-22-35-61-51(62-36-23-16-14-11-8-5-2)30-29-50(59)65-42-45-38-43(40-63-48(57)26-19-18-25-47(55)56)37-44(39-45)41-64-49(58)28-27-46(24-17-12-9-6-3)66-52(60)53-31-34-54-32-20-21-33-54/h37-39,46,51H,4-36,40-42H2,1-3H3,(H,53,60)(H,55,56). The molecule has 2 N–H and O–H groups in total. The number of rotatable bonds is 42. The quantitative estimate of drug-likeness (QED) is 0.0274. The van der Waals surface area contributed by atoms with Gasteiger partial charge in [0.25, 0.3) is 0 Å². The van der Waals surface area contributed by atoms with E-state index in [1.165, 1.54) is 64.2 Å². The summed E-state index contributed by atoms with van der Waals surface area (Å²) in [5, 5.41) is 11.8. The van der Waals surface area contributed by atoms with Crippen LogP contribution in [0, 0.1) is 0 Å². The van der Waals surface area contributed by atoms with E-state index in [4.69, 9.17) is 33.5 Å². The zero-order chi connectivity index (χ0) is 47.9. The normalized spacial score (nSPS) is 13.2. The summed E-state index contributed by atoms with van der Waals surface area (Å²) in [5.41, 5.74) is 1.88. The average molecular weight is 933 g/mol. The number of carbonyl (C=O) groups is 5. The van der Waals surface area contributed by atoms with E-state index in [1.807, 2.05) is 0 Å². The lowest BCUT2D eigenvalue weighted by Gasteiger charge is -2.19. The van der Waals surface area contributed by atoms with Gasteiger partial charge in [0.1, 0.15) is 25.9 Å². The van der Waals surface area contributed by atoms with Crippen LogP contribution in [0.4, 0.5) is 4.79 Å². The molecule has 1 aromatic rings. The Balaban J connectivity index is 2.01. The van der Waals surface area contributed by atoms with Crippen LogP contribution >= 0.6 is 0 Å². The Morgan fingerprint density at radius 3 is 1.53 bits per heavy atom. The number of aliphatic carboxylic acids is 1. The lowest BCUT2D eigenvalue weighted by molar-refractivity contribution is -0.160. The Labute approximate surface area is 397 Å². The highest BCUT2D eigenvalue weighted by Crippen LogP contribution is 2.19. The third-order valence-electron chi connectivity index (χ3n) is 11.7. The number of likely N-dealkylation sites (tertiary alicyclic amines) is 1. The molecule has 1 amide bonds. The van der Waals surface area contributed by atoms with Crippen LogP contribution in [0.1, 0.15) is 211 Å². The van der Waals surface area contributed by atoms with Gasteiger partial charge in [0.2, 0.25) is 0 Å². The van der Waals surface area contributed by atoms with Crippen LogP contribution in [0.5, 0.6) is 0 Å². The lowest BCUT2D eigenvalue weighted by atomic mass is 10.1. The number of hydrogen-bond acceptors (Lipinski definition) is 12. The Morgan fingerprint density at radius 1 is 0.561 bits per heavy atom. The van der Waals surface area contributed by atoms with E-state index in [0.717, 1.165) is 71.0 Å². The maximum absolute atomic E-state index is 13.1. The number of esters is 3. The van der Waals surface area contributed by atoms with Crippen LogP contribution in [0.25, 0.3) is 0 Å². The van der Waals surface area contributed by atoms with Crippen LogP contribution < -0.4 is 5.32 Å². The molecule has 1 aliphatic heterocycles. The zero-order valence-corrected chi connectivity index (χ0v) is 41.2. The molecule has 2 rings (SSSR count). The zero-order valence-electron chi connectivity index (χ0n) is 41.2. The third-order valence-corrected chi connectivity index (χ3v) is 11.7. The second kappa shape index (κ2) is 39.3. The van der Waals surface area contributed by atoms with Crippen molar-refractivity contribution < 1.29 is 57.5 Å². The number of carboxylic acids is 1. The summed E-state index contributed by atoms with van der Waals surface area (Å²) in [4.78, 5) is 64.5. The summed E-state index contributed by atoms with van der Waals surface area (Å²) in [6, 6.07) is 5.35. The Morgan fingerprint density at radius 2 is 1.02 bits per heavy atom. The molecule has 1 fully saturated rings. The van der Waals surface area contributed by atoms with Crippen LogP contribution in [0.2, 0.25) is 0 Å². The monoisotopic (exact) mass is 933 g/mol. The van der Waals surface area contributed by atoms with Crippen molar-refractivity contribution >= 4 is 30.0 Å². The second-order valence-electron chi connectivity index (χ2n) is 17.9. The van der Waals surface area contributed by atoms with Crippen molar-refractivity contribution in [2.24, 2.45) is 0 Å². The van der Waals surface area contributed by atoms with Gasteiger partial charge in [-0.25, -0.2) is 4.79 Å². The molecule has 0 spiro atoms. The molecule has 1 heterocycles. The van der Waals surface area contributed by atoms with E-state index in [2.05, 4.69) is 31.0 Å². The fourth-order valence-corrected chi connectivity index (χ4v) is 7.84. The molecule has 1 unspecified atom stereocenters. The van der Waals surface area contributed by atoms with Crippen LogP contribution in [-0.2, 0) is 67.4 Å². The number of nitrogens with one attached hydrogen (secondary N) is 1. The molecule has 0 saturated carbocycles. The van der Waals surface area contributed by atoms with E-state index in [9.17, 15) is 24.0 Å². The van der Waals surface area contributed by atoms with Gasteiger partial charge in [-0.3, -0.25) is 19.2 Å². The first kappa shape index (κ1) is 58.4. The summed E-state index contributed by atoms with van der Waals surface area (Å²) in [7, 11) is 0.